The van der Waals surface area contributed by atoms with Crippen molar-refractivity contribution in [2.45, 2.75) is 86.0 Å². The Morgan fingerprint density at radius 2 is 1.27 bits per heavy atom. The molecule has 22 heavy (non-hydrogen) atoms. The van der Waals surface area contributed by atoms with Crippen molar-refractivity contribution in [3.63, 3.8) is 0 Å². The average molecular weight is 333 g/mol. The maximum Gasteiger partial charge on any atom is 0.446 e. The summed E-state index contributed by atoms with van der Waals surface area (Å²) in [6, 6.07) is 2.32. The molecule has 0 unspecified atom stereocenters. The van der Waals surface area contributed by atoms with Crippen molar-refractivity contribution >= 4 is 8.02 Å². The third kappa shape index (κ3) is 5.42. The highest BCUT2D eigenvalue weighted by Crippen LogP contribution is 2.60. The first-order valence-corrected chi connectivity index (χ1v) is 9.64. The zero-order valence-electron chi connectivity index (χ0n) is 15.4. The van der Waals surface area contributed by atoms with Crippen LogP contribution in [0.2, 0.25) is 0 Å². The molecule has 0 heterocycles. The molecular weight excluding hydrogens is 299 g/mol. The molecule has 0 aliphatic heterocycles. The van der Waals surface area contributed by atoms with E-state index >= 15 is 0 Å². The number of hydrogen-bond donors (Lipinski definition) is 2. The molecule has 130 valence electrons. The quantitative estimate of drug-likeness (QED) is 0.499. The molecule has 0 saturated carbocycles. The molecule has 0 spiro atoms. The molecular formula is C15H34N4O2P+. The number of nitriles is 1. The predicted molar refractivity (Wildman–Crippen MR) is 92.5 cm³/mol. The van der Waals surface area contributed by atoms with Crippen LogP contribution < -0.4 is 0 Å². The molecule has 0 aromatic rings. The first kappa shape index (κ1) is 21.7. The molecule has 0 saturated heterocycles. The molecule has 0 radical (unpaired) electrons. The van der Waals surface area contributed by atoms with Gasteiger partial charge >= 0.3 is 8.02 Å². The lowest BCUT2D eigenvalue weighted by atomic mass is 10.3. The molecule has 2 N–H and O–H groups in total. The normalized spacial score (nSPS) is 13.5. The standard InChI is InChI=1S/C15H34N4O2P/c1-12(2)18(13(3)4)17(11-9-10-16)22(20,21)19(14(5)6)15(7)8/h12-15,20-21H,9,11H2,1-8H3/q+1. The fraction of sp³-hybridized carbons (Fsp3) is 0.933. The van der Waals surface area contributed by atoms with Gasteiger partial charge in [-0.1, -0.05) is 0 Å². The minimum atomic E-state index is -3.53. The van der Waals surface area contributed by atoms with E-state index in [-0.39, 0.29) is 30.6 Å². The SMILES string of the molecule is CC(C)N(C(C)C)N(CCC#N)[P+](O)(O)N(C(C)C)C(C)C. The lowest BCUT2D eigenvalue weighted by Crippen LogP contribution is -2.54. The van der Waals surface area contributed by atoms with Crippen molar-refractivity contribution < 1.29 is 9.79 Å². The fourth-order valence-electron chi connectivity index (χ4n) is 3.00. The van der Waals surface area contributed by atoms with Crippen LogP contribution >= 0.6 is 8.02 Å². The Hall–Kier alpha value is -0.280. The van der Waals surface area contributed by atoms with E-state index in [9.17, 15) is 9.79 Å². The Kier molecular flexibility index (Phi) is 9.01. The molecule has 6 nitrogen and oxygen atoms in total. The molecule has 0 bridgehead atoms. The Balaban J connectivity index is 5.77. The van der Waals surface area contributed by atoms with Crippen molar-refractivity contribution in [2.24, 2.45) is 0 Å². The Morgan fingerprint density at radius 1 is 0.864 bits per heavy atom. The summed E-state index contributed by atoms with van der Waals surface area (Å²) < 4.78 is 3.38. The van der Waals surface area contributed by atoms with E-state index in [4.69, 9.17) is 5.26 Å². The second-order valence-corrected chi connectivity index (χ2v) is 8.67. The molecule has 0 fully saturated rings. The van der Waals surface area contributed by atoms with Gasteiger partial charge in [0.2, 0.25) is 0 Å². The summed E-state index contributed by atoms with van der Waals surface area (Å²) >= 11 is 0. The van der Waals surface area contributed by atoms with Crippen molar-refractivity contribution in [3.8, 4) is 6.07 Å². The second-order valence-electron chi connectivity index (χ2n) is 6.68. The molecule has 7 heteroatoms. The highest BCUT2D eigenvalue weighted by molar-refractivity contribution is 7.59. The smallest absolute Gasteiger partial charge is 0.199 e. The molecule has 0 atom stereocenters. The van der Waals surface area contributed by atoms with Crippen LogP contribution in [0.25, 0.3) is 0 Å². The number of rotatable bonds is 9. The van der Waals surface area contributed by atoms with Crippen LogP contribution in [0.4, 0.5) is 0 Å². The number of hydrogen-bond acceptors (Lipinski definition) is 6. The van der Waals surface area contributed by atoms with Gasteiger partial charge in [-0.15, -0.1) is 4.67 Å². The molecule has 0 aromatic heterocycles. The largest absolute Gasteiger partial charge is 0.446 e. The number of nitrogens with zero attached hydrogens (tertiary/aromatic N) is 4. The van der Waals surface area contributed by atoms with E-state index in [0.29, 0.717) is 6.54 Å². The third-order valence-electron chi connectivity index (χ3n) is 3.43. The van der Waals surface area contributed by atoms with E-state index in [1.165, 1.54) is 0 Å². The van der Waals surface area contributed by atoms with Gasteiger partial charge in [0.25, 0.3) is 0 Å². The van der Waals surface area contributed by atoms with Gasteiger partial charge in [-0.3, -0.25) is 0 Å². The van der Waals surface area contributed by atoms with E-state index in [2.05, 4.69) is 6.07 Å². The first-order chi connectivity index (χ1) is 9.98. The fourth-order valence-corrected chi connectivity index (χ4v) is 5.54. The summed E-state index contributed by atoms with van der Waals surface area (Å²) in [7, 11) is -3.53. The predicted octanol–water partition coefficient (Wildman–Crippen LogP) is 3.02. The summed E-state index contributed by atoms with van der Waals surface area (Å²) in [4.78, 5) is 22.1. The van der Waals surface area contributed by atoms with Crippen LogP contribution in [0.1, 0.15) is 61.8 Å². The molecule has 0 aliphatic carbocycles. The van der Waals surface area contributed by atoms with Gasteiger partial charge in [0.15, 0.2) is 0 Å². The van der Waals surface area contributed by atoms with Gasteiger partial charge in [-0.05, 0) is 60.2 Å². The van der Waals surface area contributed by atoms with E-state index in [1.54, 1.807) is 9.45 Å². The van der Waals surface area contributed by atoms with Crippen molar-refractivity contribution in [2.75, 3.05) is 6.54 Å². The van der Waals surface area contributed by atoms with Crippen LogP contribution in [0.3, 0.4) is 0 Å². The highest BCUT2D eigenvalue weighted by atomic mass is 31.2. The average Bonchev–Trinajstić information content (AvgIpc) is 2.31. The molecule has 0 aromatic carbocycles. The van der Waals surface area contributed by atoms with Gasteiger partial charge in [0.1, 0.15) is 0 Å². The minimum Gasteiger partial charge on any atom is -0.199 e. The highest BCUT2D eigenvalue weighted by Gasteiger charge is 2.55. The lowest BCUT2D eigenvalue weighted by Gasteiger charge is -2.44. The zero-order valence-corrected chi connectivity index (χ0v) is 16.2. The summed E-state index contributed by atoms with van der Waals surface area (Å²) in [5.74, 6) is 0. The lowest BCUT2D eigenvalue weighted by molar-refractivity contribution is -0.0336. The molecule has 0 rings (SSSR count). The van der Waals surface area contributed by atoms with Crippen molar-refractivity contribution in [3.05, 3.63) is 0 Å². The molecule has 0 amide bonds. The van der Waals surface area contributed by atoms with E-state index in [0.717, 1.165) is 0 Å². The van der Waals surface area contributed by atoms with Gasteiger partial charge in [0, 0.05) is 24.2 Å². The van der Waals surface area contributed by atoms with Crippen LogP contribution in [-0.2, 0) is 0 Å². The van der Waals surface area contributed by atoms with Gasteiger partial charge in [-0.25, -0.2) is 0 Å². The summed E-state index contributed by atoms with van der Waals surface area (Å²) in [5.41, 5.74) is 0. The molecule has 0 aliphatic rings. The van der Waals surface area contributed by atoms with E-state index in [1.807, 2.05) is 60.4 Å². The Bertz CT molecular complexity index is 351. The monoisotopic (exact) mass is 333 g/mol. The zero-order chi connectivity index (χ0) is 17.7. The maximum absolute atomic E-state index is 11.0. The summed E-state index contributed by atoms with van der Waals surface area (Å²) in [5, 5.41) is 10.9. The Labute approximate surface area is 136 Å². The van der Waals surface area contributed by atoms with Gasteiger partial charge in [0.05, 0.1) is 19.0 Å². The van der Waals surface area contributed by atoms with Crippen LogP contribution in [0, 0.1) is 11.3 Å². The summed E-state index contributed by atoms with van der Waals surface area (Å²) in [6.07, 6.45) is 0.253. The van der Waals surface area contributed by atoms with E-state index < -0.39 is 8.02 Å². The minimum absolute atomic E-state index is 0.00547. The third-order valence-corrected chi connectivity index (χ3v) is 6.00. The maximum atomic E-state index is 11.0. The van der Waals surface area contributed by atoms with Crippen molar-refractivity contribution in [1.82, 2.24) is 14.5 Å². The topological polar surface area (TPSA) is 74.0 Å². The van der Waals surface area contributed by atoms with Crippen LogP contribution in [0.5, 0.6) is 0 Å². The van der Waals surface area contributed by atoms with Crippen LogP contribution in [0.15, 0.2) is 0 Å². The van der Waals surface area contributed by atoms with Crippen LogP contribution in [-0.4, -0.2) is 55.0 Å². The first-order valence-electron chi connectivity index (χ1n) is 8.04. The van der Waals surface area contributed by atoms with Crippen molar-refractivity contribution in [1.29, 1.82) is 5.26 Å². The Morgan fingerprint density at radius 3 is 1.55 bits per heavy atom. The number of hydrazine groups is 1. The summed E-state index contributed by atoms with van der Waals surface area (Å²) in [6.45, 7) is 16.2. The second kappa shape index (κ2) is 9.12. The van der Waals surface area contributed by atoms with Gasteiger partial charge in [-0.2, -0.15) is 20.1 Å². The van der Waals surface area contributed by atoms with Gasteiger partial charge < -0.3 is 0 Å².